The Morgan fingerprint density at radius 3 is 2.62 bits per heavy atom. The molecular formula is C17H16BrN3O3. The Balaban J connectivity index is 1.87. The lowest BCUT2D eigenvalue weighted by Crippen LogP contribution is -2.15. The second-order valence-corrected chi connectivity index (χ2v) is 6.55. The zero-order chi connectivity index (χ0) is 17.1. The zero-order valence-electron chi connectivity index (χ0n) is 13.2. The van der Waals surface area contributed by atoms with Crippen LogP contribution in [0.5, 0.6) is 5.75 Å². The number of hydrogen-bond acceptors (Lipinski definition) is 5. The number of aromatic nitrogens is 3. The number of nitrogens with zero attached hydrogens (tertiary/aromatic N) is 2. The first-order chi connectivity index (χ1) is 11.5. The number of rotatable bonds is 5. The molecule has 1 unspecified atom stereocenters. The Morgan fingerprint density at radius 1 is 1.21 bits per heavy atom. The third kappa shape index (κ3) is 3.73. The van der Waals surface area contributed by atoms with Crippen LogP contribution in [0.4, 0.5) is 0 Å². The van der Waals surface area contributed by atoms with Crippen molar-refractivity contribution in [3.8, 4) is 17.2 Å². The molecule has 1 aromatic carbocycles. The summed E-state index contributed by atoms with van der Waals surface area (Å²) >= 11 is 3.40. The van der Waals surface area contributed by atoms with E-state index in [4.69, 9.17) is 9.26 Å². The average molecular weight is 390 g/mol. The second kappa shape index (κ2) is 7.00. The van der Waals surface area contributed by atoms with Gasteiger partial charge >= 0.3 is 0 Å². The first kappa shape index (κ1) is 16.4. The summed E-state index contributed by atoms with van der Waals surface area (Å²) < 4.78 is 12.3. The molecule has 1 N–H and O–H groups in total. The van der Waals surface area contributed by atoms with Crippen molar-refractivity contribution in [2.45, 2.75) is 20.0 Å². The number of aromatic amines is 1. The third-order valence-corrected chi connectivity index (χ3v) is 3.93. The highest BCUT2D eigenvalue weighted by atomic mass is 79.9. The maximum atomic E-state index is 11.4. The maximum absolute atomic E-state index is 11.4. The van der Waals surface area contributed by atoms with Crippen molar-refractivity contribution in [1.82, 2.24) is 15.1 Å². The Bertz CT molecular complexity index is 871. The van der Waals surface area contributed by atoms with Crippen molar-refractivity contribution in [2.24, 2.45) is 5.92 Å². The minimum absolute atomic E-state index is 0.137. The highest BCUT2D eigenvalue weighted by Gasteiger charge is 2.24. The van der Waals surface area contributed by atoms with Crippen LogP contribution in [0.2, 0.25) is 0 Å². The van der Waals surface area contributed by atoms with Crippen molar-refractivity contribution in [1.29, 1.82) is 0 Å². The molecule has 6 nitrogen and oxygen atoms in total. The summed E-state index contributed by atoms with van der Waals surface area (Å²) in [5, 5.41) is 4.02. The van der Waals surface area contributed by atoms with Gasteiger partial charge in [0.15, 0.2) is 6.10 Å². The van der Waals surface area contributed by atoms with E-state index in [2.05, 4.69) is 31.1 Å². The van der Waals surface area contributed by atoms with Crippen LogP contribution in [0.1, 0.15) is 25.8 Å². The zero-order valence-corrected chi connectivity index (χ0v) is 14.8. The molecular weight excluding hydrogens is 374 g/mol. The Labute approximate surface area is 147 Å². The highest BCUT2D eigenvalue weighted by molar-refractivity contribution is 9.10. The van der Waals surface area contributed by atoms with Gasteiger partial charge in [0.25, 0.3) is 5.89 Å². The van der Waals surface area contributed by atoms with E-state index < -0.39 is 0 Å². The fraction of sp³-hybridized carbons (Fsp3) is 0.235. The minimum atomic E-state index is -0.356. The van der Waals surface area contributed by atoms with Crippen LogP contribution in [0.25, 0.3) is 11.5 Å². The van der Waals surface area contributed by atoms with Crippen LogP contribution in [0.15, 0.2) is 56.4 Å². The Morgan fingerprint density at radius 2 is 1.96 bits per heavy atom. The van der Waals surface area contributed by atoms with Gasteiger partial charge < -0.3 is 14.2 Å². The summed E-state index contributed by atoms with van der Waals surface area (Å²) in [7, 11) is 0. The summed E-state index contributed by atoms with van der Waals surface area (Å²) in [6.45, 7) is 4.04. The van der Waals surface area contributed by atoms with Gasteiger partial charge in [0.2, 0.25) is 11.4 Å². The molecule has 0 aliphatic rings. The van der Waals surface area contributed by atoms with E-state index in [1.807, 2.05) is 38.1 Å². The molecule has 24 heavy (non-hydrogen) atoms. The smallest absolute Gasteiger partial charge is 0.258 e. The summed E-state index contributed by atoms with van der Waals surface area (Å²) in [5.74, 6) is 1.60. The van der Waals surface area contributed by atoms with Gasteiger partial charge in [-0.25, -0.2) is 0 Å². The normalized spacial score (nSPS) is 12.3. The van der Waals surface area contributed by atoms with E-state index in [1.54, 1.807) is 12.3 Å². The van der Waals surface area contributed by atoms with Crippen LogP contribution < -0.4 is 10.3 Å². The monoisotopic (exact) mass is 389 g/mol. The number of H-pyrrole nitrogens is 1. The number of hydrogen-bond donors (Lipinski definition) is 1. The average Bonchev–Trinajstić information content (AvgIpc) is 3.03. The molecule has 3 aromatic rings. The molecule has 3 rings (SSSR count). The summed E-state index contributed by atoms with van der Waals surface area (Å²) in [4.78, 5) is 18.4. The van der Waals surface area contributed by atoms with Gasteiger partial charge in [-0.15, -0.1) is 0 Å². The summed E-state index contributed by atoms with van der Waals surface area (Å²) in [6, 6.07) is 10.7. The molecule has 0 aliphatic carbocycles. The molecule has 0 radical (unpaired) electrons. The third-order valence-electron chi connectivity index (χ3n) is 3.40. The van der Waals surface area contributed by atoms with Crippen molar-refractivity contribution in [3.05, 3.63) is 63.2 Å². The standard InChI is InChI=1S/C17H16BrN3O3/c1-10(2)15(23-13-5-3-12(18)4-6-13)16-20-17(24-21-16)11-7-8-19-14(22)9-11/h3-10,15H,1-2H3,(H,19,22). The van der Waals surface area contributed by atoms with E-state index >= 15 is 0 Å². The first-order valence-corrected chi connectivity index (χ1v) is 8.27. The molecule has 2 aromatic heterocycles. The van der Waals surface area contributed by atoms with Gasteiger partial charge in [0, 0.05) is 22.3 Å². The summed E-state index contributed by atoms with van der Waals surface area (Å²) in [6.07, 6.45) is 1.19. The van der Waals surface area contributed by atoms with Gasteiger partial charge in [0.1, 0.15) is 5.75 Å². The number of benzene rings is 1. The van der Waals surface area contributed by atoms with Crippen molar-refractivity contribution in [2.75, 3.05) is 0 Å². The summed E-state index contributed by atoms with van der Waals surface area (Å²) in [5.41, 5.74) is 0.349. The fourth-order valence-electron chi connectivity index (χ4n) is 2.19. The van der Waals surface area contributed by atoms with Gasteiger partial charge in [-0.3, -0.25) is 4.79 Å². The molecule has 0 amide bonds. The van der Waals surface area contributed by atoms with Gasteiger partial charge in [-0.05, 0) is 36.2 Å². The number of ether oxygens (including phenoxy) is 1. The van der Waals surface area contributed by atoms with Crippen LogP contribution in [0.3, 0.4) is 0 Å². The van der Waals surface area contributed by atoms with E-state index in [-0.39, 0.29) is 17.6 Å². The molecule has 0 aliphatic heterocycles. The van der Waals surface area contributed by atoms with Crippen molar-refractivity contribution in [3.63, 3.8) is 0 Å². The van der Waals surface area contributed by atoms with Gasteiger partial charge in [-0.2, -0.15) is 4.98 Å². The first-order valence-electron chi connectivity index (χ1n) is 7.48. The van der Waals surface area contributed by atoms with Gasteiger partial charge in [-0.1, -0.05) is 34.9 Å². The molecule has 0 saturated carbocycles. The molecule has 7 heteroatoms. The molecule has 1 atom stereocenters. The lowest BCUT2D eigenvalue weighted by Gasteiger charge is -2.19. The lowest BCUT2D eigenvalue weighted by atomic mass is 10.1. The molecule has 0 fully saturated rings. The van der Waals surface area contributed by atoms with Crippen LogP contribution >= 0.6 is 15.9 Å². The largest absolute Gasteiger partial charge is 0.482 e. The van der Waals surface area contributed by atoms with Crippen molar-refractivity contribution >= 4 is 15.9 Å². The number of halogens is 1. The van der Waals surface area contributed by atoms with E-state index in [1.165, 1.54) is 6.07 Å². The molecule has 0 spiro atoms. The minimum Gasteiger partial charge on any atom is -0.482 e. The van der Waals surface area contributed by atoms with E-state index in [0.29, 0.717) is 17.3 Å². The predicted molar refractivity (Wildman–Crippen MR) is 92.7 cm³/mol. The lowest BCUT2D eigenvalue weighted by molar-refractivity contribution is 0.141. The molecule has 0 bridgehead atoms. The molecule has 2 heterocycles. The SMILES string of the molecule is CC(C)C(Oc1ccc(Br)cc1)c1noc(-c2cc[nH]c(=O)c2)n1. The predicted octanol–water partition coefficient (Wildman–Crippen LogP) is 3.96. The molecule has 124 valence electrons. The van der Waals surface area contributed by atoms with E-state index in [9.17, 15) is 4.79 Å². The number of nitrogens with one attached hydrogen (secondary N) is 1. The van der Waals surface area contributed by atoms with Crippen LogP contribution in [-0.4, -0.2) is 15.1 Å². The van der Waals surface area contributed by atoms with E-state index in [0.717, 1.165) is 10.2 Å². The highest BCUT2D eigenvalue weighted by Crippen LogP contribution is 2.28. The second-order valence-electron chi connectivity index (χ2n) is 5.64. The maximum Gasteiger partial charge on any atom is 0.258 e. The quantitative estimate of drug-likeness (QED) is 0.713. The Kier molecular flexibility index (Phi) is 4.80. The van der Waals surface area contributed by atoms with Gasteiger partial charge in [0.05, 0.1) is 0 Å². The topological polar surface area (TPSA) is 81.0 Å². The number of pyridine rings is 1. The van der Waals surface area contributed by atoms with Crippen LogP contribution in [0, 0.1) is 5.92 Å². The Hall–Kier alpha value is -2.41. The van der Waals surface area contributed by atoms with Crippen LogP contribution in [-0.2, 0) is 0 Å². The fourth-order valence-corrected chi connectivity index (χ4v) is 2.46. The van der Waals surface area contributed by atoms with Crippen molar-refractivity contribution < 1.29 is 9.26 Å². The molecule has 0 saturated heterocycles.